The molecule has 1 aliphatic rings. The Bertz CT molecular complexity index is 573. The van der Waals surface area contributed by atoms with Gasteiger partial charge in [-0.2, -0.15) is 0 Å². The molecular formula is C13H20Cl2N2O3S2. The second-order valence-corrected chi connectivity index (χ2v) is 9.40. The summed E-state index contributed by atoms with van der Waals surface area (Å²) in [5.41, 5.74) is 0. The zero-order valence-corrected chi connectivity index (χ0v) is 15.5. The van der Waals surface area contributed by atoms with Crippen molar-refractivity contribution >= 4 is 44.6 Å². The van der Waals surface area contributed by atoms with E-state index in [-0.39, 0.29) is 9.23 Å². The molecule has 0 aliphatic carbocycles. The molecule has 9 heteroatoms. The molecule has 126 valence electrons. The Balaban J connectivity index is 1.88. The first-order chi connectivity index (χ1) is 10.4. The number of likely N-dealkylation sites (tertiary alicyclic amines) is 1. The molecule has 1 saturated heterocycles. The van der Waals surface area contributed by atoms with E-state index in [1.807, 2.05) is 0 Å². The van der Waals surface area contributed by atoms with Gasteiger partial charge in [0.2, 0.25) is 10.0 Å². The monoisotopic (exact) mass is 386 g/mol. The molecule has 1 atom stereocenters. The predicted molar refractivity (Wildman–Crippen MR) is 90.6 cm³/mol. The summed E-state index contributed by atoms with van der Waals surface area (Å²) in [7, 11) is -1.85. The number of rotatable bonds is 7. The Morgan fingerprint density at radius 2 is 2.27 bits per heavy atom. The molecule has 0 aromatic carbocycles. The number of sulfonamides is 1. The molecule has 1 fully saturated rings. The summed E-state index contributed by atoms with van der Waals surface area (Å²) >= 11 is 12.6. The summed E-state index contributed by atoms with van der Waals surface area (Å²) in [6.07, 6.45) is 2.10. The average Bonchev–Trinajstić information content (AvgIpc) is 2.84. The van der Waals surface area contributed by atoms with Gasteiger partial charge in [-0.3, -0.25) is 0 Å². The van der Waals surface area contributed by atoms with Crippen molar-refractivity contribution in [3.63, 3.8) is 0 Å². The van der Waals surface area contributed by atoms with Gasteiger partial charge < -0.3 is 9.64 Å². The third-order valence-electron chi connectivity index (χ3n) is 3.66. The molecule has 0 unspecified atom stereocenters. The van der Waals surface area contributed by atoms with E-state index < -0.39 is 10.0 Å². The van der Waals surface area contributed by atoms with Gasteiger partial charge in [0.25, 0.3) is 0 Å². The topological polar surface area (TPSA) is 58.6 Å². The number of piperidine rings is 1. The van der Waals surface area contributed by atoms with E-state index in [9.17, 15) is 8.42 Å². The highest BCUT2D eigenvalue weighted by Crippen LogP contribution is 2.34. The maximum absolute atomic E-state index is 12.2. The van der Waals surface area contributed by atoms with Gasteiger partial charge in [-0.25, -0.2) is 13.1 Å². The van der Waals surface area contributed by atoms with Crippen LogP contribution < -0.4 is 4.72 Å². The van der Waals surface area contributed by atoms with Gasteiger partial charge in [0.15, 0.2) is 0 Å². The first-order valence-corrected chi connectivity index (χ1v) is 10.1. The lowest BCUT2D eigenvalue weighted by molar-refractivity contribution is 0.115. The number of thiophene rings is 1. The summed E-state index contributed by atoms with van der Waals surface area (Å²) in [4.78, 5) is 2.31. The van der Waals surface area contributed by atoms with Crippen LogP contribution in [0.2, 0.25) is 9.36 Å². The van der Waals surface area contributed by atoms with Crippen molar-refractivity contribution in [2.24, 2.45) is 5.92 Å². The van der Waals surface area contributed by atoms with E-state index in [1.54, 1.807) is 7.11 Å². The van der Waals surface area contributed by atoms with Crippen LogP contribution in [0.5, 0.6) is 0 Å². The molecule has 1 aliphatic heterocycles. The van der Waals surface area contributed by atoms with Crippen molar-refractivity contribution in [1.82, 2.24) is 9.62 Å². The first-order valence-electron chi connectivity index (χ1n) is 7.08. The quantitative estimate of drug-likeness (QED) is 0.782. The van der Waals surface area contributed by atoms with Gasteiger partial charge in [0, 0.05) is 26.7 Å². The van der Waals surface area contributed by atoms with Crippen LogP contribution >= 0.6 is 34.5 Å². The molecule has 0 saturated carbocycles. The highest BCUT2D eigenvalue weighted by molar-refractivity contribution is 7.91. The number of methoxy groups -OCH3 is 1. The van der Waals surface area contributed by atoms with Crippen molar-refractivity contribution in [2.45, 2.75) is 17.1 Å². The van der Waals surface area contributed by atoms with Crippen molar-refractivity contribution in [3.8, 4) is 0 Å². The number of hydrogen-bond donors (Lipinski definition) is 1. The lowest BCUT2D eigenvalue weighted by Gasteiger charge is -2.32. The van der Waals surface area contributed by atoms with Crippen LogP contribution in [0.15, 0.2) is 10.3 Å². The number of halogens is 2. The Morgan fingerprint density at radius 1 is 1.50 bits per heavy atom. The molecule has 0 spiro atoms. The Kier molecular flexibility index (Phi) is 6.94. The summed E-state index contributed by atoms with van der Waals surface area (Å²) in [6, 6.07) is 1.39. The van der Waals surface area contributed by atoms with Crippen LogP contribution in [0, 0.1) is 5.92 Å². The van der Waals surface area contributed by atoms with E-state index >= 15 is 0 Å². The number of ether oxygens (including phenoxy) is 1. The van der Waals surface area contributed by atoms with Crippen molar-refractivity contribution < 1.29 is 13.2 Å². The number of nitrogens with one attached hydrogen (secondary N) is 1. The third-order valence-corrected chi connectivity index (χ3v) is 7.43. The SMILES string of the molecule is COCCN1CCC[C@H](CNS(=O)(=O)c2cc(Cl)c(Cl)s2)C1. The fraction of sp³-hybridized carbons (Fsp3) is 0.692. The molecule has 0 radical (unpaired) electrons. The minimum absolute atomic E-state index is 0.162. The fourth-order valence-corrected chi connectivity index (χ4v) is 5.54. The number of hydrogen-bond acceptors (Lipinski definition) is 5. The highest BCUT2D eigenvalue weighted by atomic mass is 35.5. The van der Waals surface area contributed by atoms with Crippen LogP contribution in [0.4, 0.5) is 0 Å². The van der Waals surface area contributed by atoms with Gasteiger partial charge in [-0.05, 0) is 31.4 Å². The molecule has 1 aromatic rings. The summed E-state index contributed by atoms with van der Waals surface area (Å²) in [6.45, 7) is 3.94. The van der Waals surface area contributed by atoms with Crippen molar-refractivity contribution in [2.75, 3.05) is 39.9 Å². The third kappa shape index (κ3) is 5.06. The Labute approximate surface area is 145 Å². The van der Waals surface area contributed by atoms with Gasteiger partial charge in [0.1, 0.15) is 8.55 Å². The smallest absolute Gasteiger partial charge is 0.250 e. The lowest BCUT2D eigenvalue weighted by atomic mass is 9.98. The molecule has 5 nitrogen and oxygen atoms in total. The van der Waals surface area contributed by atoms with E-state index in [2.05, 4.69) is 9.62 Å². The summed E-state index contributed by atoms with van der Waals surface area (Å²) in [5, 5.41) is 0.274. The zero-order valence-electron chi connectivity index (χ0n) is 12.3. The summed E-state index contributed by atoms with van der Waals surface area (Å²) in [5.74, 6) is 0.311. The molecule has 22 heavy (non-hydrogen) atoms. The van der Waals surface area contributed by atoms with Gasteiger partial charge in [-0.1, -0.05) is 23.2 Å². The highest BCUT2D eigenvalue weighted by Gasteiger charge is 2.24. The van der Waals surface area contributed by atoms with Crippen LogP contribution in [-0.2, 0) is 14.8 Å². The maximum Gasteiger partial charge on any atom is 0.250 e. The maximum atomic E-state index is 12.2. The molecule has 0 bridgehead atoms. The van der Waals surface area contributed by atoms with Gasteiger partial charge in [-0.15, -0.1) is 11.3 Å². The van der Waals surface area contributed by atoms with Gasteiger partial charge >= 0.3 is 0 Å². The van der Waals surface area contributed by atoms with Crippen molar-refractivity contribution in [1.29, 1.82) is 0 Å². The average molecular weight is 387 g/mol. The lowest BCUT2D eigenvalue weighted by Crippen LogP contribution is -2.41. The molecule has 2 heterocycles. The molecule has 2 rings (SSSR count). The molecule has 0 amide bonds. The zero-order chi connectivity index (χ0) is 16.2. The first kappa shape index (κ1) is 18.4. The van der Waals surface area contributed by atoms with Crippen LogP contribution in [0.1, 0.15) is 12.8 Å². The van der Waals surface area contributed by atoms with E-state index in [0.717, 1.165) is 43.8 Å². The minimum atomic E-state index is -3.54. The second kappa shape index (κ2) is 8.28. The van der Waals surface area contributed by atoms with E-state index in [1.165, 1.54) is 6.07 Å². The summed E-state index contributed by atoms with van der Waals surface area (Å²) < 4.78 is 32.7. The van der Waals surface area contributed by atoms with Crippen molar-refractivity contribution in [3.05, 3.63) is 15.4 Å². The van der Waals surface area contributed by atoms with Crippen LogP contribution in [-0.4, -0.2) is 53.2 Å². The van der Waals surface area contributed by atoms with E-state index in [4.69, 9.17) is 27.9 Å². The predicted octanol–water partition coefficient (Wildman–Crippen LogP) is 2.69. The largest absolute Gasteiger partial charge is 0.383 e. The Hall–Kier alpha value is 0.110. The fourth-order valence-electron chi connectivity index (χ4n) is 2.50. The second-order valence-electron chi connectivity index (χ2n) is 5.34. The normalized spacial score (nSPS) is 20.4. The van der Waals surface area contributed by atoms with Gasteiger partial charge in [0.05, 0.1) is 11.6 Å². The van der Waals surface area contributed by atoms with Crippen LogP contribution in [0.25, 0.3) is 0 Å². The Morgan fingerprint density at radius 3 is 2.91 bits per heavy atom. The number of nitrogens with zero attached hydrogens (tertiary/aromatic N) is 1. The molecule has 1 N–H and O–H groups in total. The minimum Gasteiger partial charge on any atom is -0.383 e. The molecule has 1 aromatic heterocycles. The standard InChI is InChI=1S/C13H20Cl2N2O3S2/c1-20-6-5-17-4-2-3-10(9-17)8-16-22(18,19)12-7-11(14)13(15)21-12/h7,10,16H,2-6,8-9H2,1H3/t10-/m1/s1. The van der Waals surface area contributed by atoms with E-state index in [0.29, 0.717) is 23.4 Å². The molecular weight excluding hydrogens is 367 g/mol. The van der Waals surface area contributed by atoms with Crippen LogP contribution in [0.3, 0.4) is 0 Å².